The van der Waals surface area contributed by atoms with Crippen molar-refractivity contribution in [1.82, 2.24) is 20.0 Å². The third-order valence-corrected chi connectivity index (χ3v) is 5.01. The van der Waals surface area contributed by atoms with E-state index in [0.29, 0.717) is 18.1 Å². The average Bonchev–Trinajstić information content (AvgIpc) is 3.31. The van der Waals surface area contributed by atoms with E-state index in [1.807, 2.05) is 18.2 Å². The summed E-state index contributed by atoms with van der Waals surface area (Å²) in [6.45, 7) is 3.97. The van der Waals surface area contributed by atoms with E-state index < -0.39 is 15.6 Å². The lowest BCUT2D eigenvalue weighted by molar-refractivity contribution is 0.357. The van der Waals surface area contributed by atoms with E-state index in [0.717, 1.165) is 29.6 Å². The SMILES string of the molecule is CC(C)(NS(C)(=O)=O)c1noc(-c2cc(-c3ccc4c(c3)CCO4)no2)n1. The molecule has 3 aromatic rings. The van der Waals surface area contributed by atoms with Gasteiger partial charge in [-0.15, -0.1) is 0 Å². The van der Waals surface area contributed by atoms with E-state index in [1.54, 1.807) is 19.9 Å². The number of hydrogen-bond acceptors (Lipinski definition) is 8. The highest BCUT2D eigenvalue weighted by Gasteiger charge is 2.31. The number of hydrogen-bond donors (Lipinski definition) is 1. The minimum Gasteiger partial charge on any atom is -0.493 e. The highest BCUT2D eigenvalue weighted by Crippen LogP contribution is 2.32. The van der Waals surface area contributed by atoms with Crippen LogP contribution >= 0.6 is 0 Å². The van der Waals surface area contributed by atoms with Crippen LogP contribution in [0.1, 0.15) is 25.2 Å². The Morgan fingerprint density at radius 2 is 1.96 bits per heavy atom. The first kappa shape index (κ1) is 17.7. The van der Waals surface area contributed by atoms with Gasteiger partial charge in [0.2, 0.25) is 15.8 Å². The van der Waals surface area contributed by atoms with Crippen molar-refractivity contribution in [3.05, 3.63) is 35.7 Å². The molecule has 1 N–H and O–H groups in total. The molecule has 0 atom stereocenters. The Balaban J connectivity index is 1.60. The van der Waals surface area contributed by atoms with Gasteiger partial charge >= 0.3 is 0 Å². The summed E-state index contributed by atoms with van der Waals surface area (Å²) < 4.78 is 41.5. The Kier molecular flexibility index (Phi) is 4.04. The maximum absolute atomic E-state index is 11.5. The van der Waals surface area contributed by atoms with Crippen LogP contribution in [0.2, 0.25) is 0 Å². The fraction of sp³-hybridized carbons (Fsp3) is 0.353. The van der Waals surface area contributed by atoms with E-state index in [4.69, 9.17) is 13.8 Å². The van der Waals surface area contributed by atoms with Crippen molar-refractivity contribution in [1.29, 1.82) is 0 Å². The largest absolute Gasteiger partial charge is 0.493 e. The van der Waals surface area contributed by atoms with Crippen molar-refractivity contribution in [3.63, 3.8) is 0 Å². The number of benzene rings is 1. The second-order valence-electron chi connectivity index (χ2n) is 6.92. The average molecular weight is 390 g/mol. The van der Waals surface area contributed by atoms with E-state index >= 15 is 0 Å². The van der Waals surface area contributed by atoms with Gasteiger partial charge in [-0.1, -0.05) is 10.3 Å². The topological polar surface area (TPSA) is 120 Å². The van der Waals surface area contributed by atoms with Crippen molar-refractivity contribution in [3.8, 4) is 28.7 Å². The first-order valence-electron chi connectivity index (χ1n) is 8.28. The molecule has 0 aliphatic carbocycles. The molecule has 0 saturated carbocycles. The molecule has 0 unspecified atom stereocenters. The fourth-order valence-electron chi connectivity index (χ4n) is 2.94. The zero-order chi connectivity index (χ0) is 19.2. The maximum atomic E-state index is 11.5. The summed E-state index contributed by atoms with van der Waals surface area (Å²) in [5.74, 6) is 1.51. The van der Waals surface area contributed by atoms with Crippen LogP contribution in [0.5, 0.6) is 5.75 Å². The smallest absolute Gasteiger partial charge is 0.296 e. The Bertz CT molecular complexity index is 1100. The predicted molar refractivity (Wildman–Crippen MR) is 95.4 cm³/mol. The van der Waals surface area contributed by atoms with Gasteiger partial charge in [0.15, 0.2) is 5.82 Å². The number of ether oxygens (including phenoxy) is 1. The molecule has 10 heteroatoms. The zero-order valence-corrected chi connectivity index (χ0v) is 15.8. The van der Waals surface area contributed by atoms with Crippen molar-refractivity contribution in [2.24, 2.45) is 0 Å². The highest BCUT2D eigenvalue weighted by atomic mass is 32.2. The van der Waals surface area contributed by atoms with Gasteiger partial charge in [-0.2, -0.15) is 4.98 Å². The lowest BCUT2D eigenvalue weighted by Crippen LogP contribution is -2.41. The van der Waals surface area contributed by atoms with Gasteiger partial charge in [0, 0.05) is 18.1 Å². The molecule has 142 valence electrons. The molecule has 0 amide bonds. The number of fused-ring (bicyclic) bond motifs is 1. The second kappa shape index (κ2) is 6.17. The zero-order valence-electron chi connectivity index (χ0n) is 15.0. The molecule has 0 radical (unpaired) electrons. The fourth-order valence-corrected chi connectivity index (χ4v) is 3.96. The van der Waals surface area contributed by atoms with Crippen molar-refractivity contribution < 1.29 is 22.2 Å². The highest BCUT2D eigenvalue weighted by molar-refractivity contribution is 7.88. The lowest BCUT2D eigenvalue weighted by Gasteiger charge is -2.20. The van der Waals surface area contributed by atoms with Crippen LogP contribution in [0.25, 0.3) is 22.9 Å². The molecule has 1 aliphatic heterocycles. The second-order valence-corrected chi connectivity index (χ2v) is 8.67. The van der Waals surface area contributed by atoms with Gasteiger partial charge < -0.3 is 13.8 Å². The summed E-state index contributed by atoms with van der Waals surface area (Å²) >= 11 is 0. The van der Waals surface area contributed by atoms with Gasteiger partial charge in [-0.3, -0.25) is 0 Å². The summed E-state index contributed by atoms with van der Waals surface area (Å²) in [4.78, 5) is 4.24. The molecule has 1 aromatic carbocycles. The van der Waals surface area contributed by atoms with Crippen LogP contribution in [0.3, 0.4) is 0 Å². The monoisotopic (exact) mass is 390 g/mol. The van der Waals surface area contributed by atoms with Gasteiger partial charge in [-0.05, 0) is 37.6 Å². The molecule has 2 aromatic heterocycles. The van der Waals surface area contributed by atoms with Crippen molar-refractivity contribution in [2.45, 2.75) is 25.8 Å². The van der Waals surface area contributed by atoms with Crippen molar-refractivity contribution in [2.75, 3.05) is 12.9 Å². The molecule has 27 heavy (non-hydrogen) atoms. The third-order valence-electron chi connectivity index (χ3n) is 4.13. The number of aromatic nitrogens is 3. The number of sulfonamides is 1. The Morgan fingerprint density at radius 3 is 2.74 bits per heavy atom. The molecule has 0 spiro atoms. The normalized spacial score (nSPS) is 14.2. The van der Waals surface area contributed by atoms with Crippen LogP contribution in [0, 0.1) is 0 Å². The standard InChI is InChI=1S/C17H18N4O5S/c1-17(2,21-27(3,22)23)16-18-15(26-20-16)14-9-12(19-25-14)10-4-5-13-11(8-10)6-7-24-13/h4-5,8-9,21H,6-7H2,1-3H3. The van der Waals surface area contributed by atoms with Crippen molar-refractivity contribution >= 4 is 10.0 Å². The third kappa shape index (κ3) is 3.58. The summed E-state index contributed by atoms with van der Waals surface area (Å²) in [5.41, 5.74) is 1.63. The van der Waals surface area contributed by atoms with E-state index in [2.05, 4.69) is 20.0 Å². The quantitative estimate of drug-likeness (QED) is 0.703. The molecular formula is C17H18N4O5S. The van der Waals surface area contributed by atoms with Gasteiger partial charge in [-0.25, -0.2) is 13.1 Å². The number of nitrogens with one attached hydrogen (secondary N) is 1. The Labute approximate surface area is 155 Å². The maximum Gasteiger partial charge on any atom is 0.296 e. The first-order chi connectivity index (χ1) is 12.7. The van der Waals surface area contributed by atoms with Crippen LogP contribution in [0.4, 0.5) is 0 Å². The van der Waals surface area contributed by atoms with Crippen LogP contribution in [-0.4, -0.2) is 36.6 Å². The molecule has 3 heterocycles. The molecular weight excluding hydrogens is 372 g/mol. The number of nitrogens with zero attached hydrogens (tertiary/aromatic N) is 3. The van der Waals surface area contributed by atoms with E-state index in [1.165, 1.54) is 0 Å². The van der Waals surface area contributed by atoms with E-state index in [-0.39, 0.29) is 11.7 Å². The minimum absolute atomic E-state index is 0.122. The summed E-state index contributed by atoms with van der Waals surface area (Å²) in [6, 6.07) is 7.54. The summed E-state index contributed by atoms with van der Waals surface area (Å²) in [6.07, 6.45) is 1.93. The van der Waals surface area contributed by atoms with Crippen LogP contribution in [-0.2, 0) is 22.0 Å². The Hall–Kier alpha value is -2.72. The number of rotatable bonds is 5. The van der Waals surface area contributed by atoms with Crippen LogP contribution < -0.4 is 9.46 Å². The molecule has 1 aliphatic rings. The van der Waals surface area contributed by atoms with Gasteiger partial charge in [0.25, 0.3) is 5.89 Å². The molecule has 0 saturated heterocycles. The molecule has 0 bridgehead atoms. The van der Waals surface area contributed by atoms with E-state index in [9.17, 15) is 8.42 Å². The molecule has 9 nitrogen and oxygen atoms in total. The van der Waals surface area contributed by atoms with Gasteiger partial charge in [0.05, 0.1) is 18.4 Å². The molecule has 4 rings (SSSR count). The van der Waals surface area contributed by atoms with Gasteiger partial charge in [0.1, 0.15) is 11.4 Å². The lowest BCUT2D eigenvalue weighted by atomic mass is 10.1. The van der Waals surface area contributed by atoms with Crippen LogP contribution in [0.15, 0.2) is 33.3 Å². The Morgan fingerprint density at radius 1 is 1.15 bits per heavy atom. The summed E-state index contributed by atoms with van der Waals surface area (Å²) in [5, 5.41) is 7.92. The molecule has 0 fully saturated rings. The summed E-state index contributed by atoms with van der Waals surface area (Å²) in [7, 11) is -3.44. The minimum atomic E-state index is -3.44. The first-order valence-corrected chi connectivity index (χ1v) is 10.2. The predicted octanol–water partition coefficient (Wildman–Crippen LogP) is 2.11.